The zero-order chi connectivity index (χ0) is 21.3. The second-order valence-electron chi connectivity index (χ2n) is 6.80. The molecular formula is C23H14N6O2S. The molecule has 0 radical (unpaired) electrons. The summed E-state index contributed by atoms with van der Waals surface area (Å²) in [6, 6.07) is 11.4. The molecule has 0 aliphatic heterocycles. The maximum atomic E-state index is 5.86. The van der Waals surface area contributed by atoms with E-state index in [0.29, 0.717) is 28.9 Å². The number of aromatic nitrogens is 6. The number of H-pyrrole nitrogens is 1. The van der Waals surface area contributed by atoms with Gasteiger partial charge in [0.15, 0.2) is 11.6 Å². The molecule has 0 amide bonds. The van der Waals surface area contributed by atoms with Gasteiger partial charge in [0.25, 0.3) is 0 Å². The van der Waals surface area contributed by atoms with E-state index >= 15 is 0 Å². The van der Waals surface area contributed by atoms with Crippen molar-refractivity contribution >= 4 is 11.3 Å². The van der Waals surface area contributed by atoms with Gasteiger partial charge in [-0.1, -0.05) is 6.07 Å². The van der Waals surface area contributed by atoms with E-state index in [4.69, 9.17) is 13.8 Å². The van der Waals surface area contributed by atoms with Crippen LogP contribution in [0.5, 0.6) is 0 Å². The van der Waals surface area contributed by atoms with Crippen LogP contribution in [0.25, 0.3) is 56.1 Å². The Morgan fingerprint density at radius 2 is 1.78 bits per heavy atom. The molecule has 0 fully saturated rings. The molecule has 0 aliphatic rings. The Morgan fingerprint density at radius 3 is 2.66 bits per heavy atom. The number of aromatic amines is 1. The predicted molar refractivity (Wildman–Crippen MR) is 119 cm³/mol. The molecule has 9 heteroatoms. The normalized spacial score (nSPS) is 11.1. The van der Waals surface area contributed by atoms with Crippen LogP contribution in [0.4, 0.5) is 0 Å². The zero-order valence-corrected chi connectivity index (χ0v) is 17.3. The number of rotatable bonds is 5. The third-order valence-corrected chi connectivity index (χ3v) is 5.88. The van der Waals surface area contributed by atoms with Crippen molar-refractivity contribution in [1.29, 1.82) is 0 Å². The third-order valence-electron chi connectivity index (χ3n) is 4.93. The van der Waals surface area contributed by atoms with Crippen LogP contribution in [0.2, 0.25) is 0 Å². The highest BCUT2D eigenvalue weighted by molar-refractivity contribution is 7.14. The minimum absolute atomic E-state index is 0.502. The van der Waals surface area contributed by atoms with E-state index < -0.39 is 0 Å². The van der Waals surface area contributed by atoms with Gasteiger partial charge in [-0.15, -0.1) is 11.3 Å². The summed E-state index contributed by atoms with van der Waals surface area (Å²) in [6.45, 7) is 0. The number of hydrogen-bond acceptors (Lipinski definition) is 8. The van der Waals surface area contributed by atoms with E-state index in [0.717, 1.165) is 27.3 Å². The van der Waals surface area contributed by atoms with Gasteiger partial charge >= 0.3 is 0 Å². The number of oxazole rings is 1. The Kier molecular flexibility index (Phi) is 4.43. The second kappa shape index (κ2) is 7.71. The standard InChI is InChI=1S/C23H14N6O2S/c1-2-7-24-17(3-1)16-13-27-29-19(16)22-25-8-4-18(28-22)20-14(5-10-30-20)21-15(6-12-32-21)23-26-9-11-31-23/h1-13H,(H,27,29). The quantitative estimate of drug-likeness (QED) is 0.375. The molecule has 6 heterocycles. The predicted octanol–water partition coefficient (Wildman–Crippen LogP) is 5.57. The van der Waals surface area contributed by atoms with Crippen molar-refractivity contribution in [1.82, 2.24) is 30.1 Å². The van der Waals surface area contributed by atoms with Crippen molar-refractivity contribution in [3.63, 3.8) is 0 Å². The smallest absolute Gasteiger partial charge is 0.227 e. The fourth-order valence-electron chi connectivity index (χ4n) is 3.51. The van der Waals surface area contributed by atoms with E-state index in [1.165, 1.54) is 0 Å². The number of thiophene rings is 1. The first kappa shape index (κ1) is 18.4. The summed E-state index contributed by atoms with van der Waals surface area (Å²) in [4.78, 5) is 18.9. The number of hydrogen-bond donors (Lipinski definition) is 1. The molecule has 0 aromatic carbocycles. The van der Waals surface area contributed by atoms with E-state index in [2.05, 4.69) is 25.1 Å². The van der Waals surface area contributed by atoms with Gasteiger partial charge in [0.1, 0.15) is 17.7 Å². The molecule has 6 aromatic heterocycles. The van der Waals surface area contributed by atoms with E-state index in [1.807, 2.05) is 41.8 Å². The second-order valence-corrected chi connectivity index (χ2v) is 7.72. The Morgan fingerprint density at radius 1 is 0.781 bits per heavy atom. The summed E-state index contributed by atoms with van der Waals surface area (Å²) in [5.41, 5.74) is 4.78. The van der Waals surface area contributed by atoms with E-state index in [1.54, 1.807) is 48.7 Å². The van der Waals surface area contributed by atoms with Gasteiger partial charge in [-0.25, -0.2) is 15.0 Å². The van der Waals surface area contributed by atoms with Crippen LogP contribution in [0.15, 0.2) is 87.9 Å². The lowest BCUT2D eigenvalue weighted by molar-refractivity contribution is 0.575. The van der Waals surface area contributed by atoms with E-state index in [-0.39, 0.29) is 0 Å². The Bertz CT molecular complexity index is 1480. The number of nitrogens with one attached hydrogen (secondary N) is 1. The first-order valence-corrected chi connectivity index (χ1v) is 10.6. The topological polar surface area (TPSA) is 107 Å². The van der Waals surface area contributed by atoms with Gasteiger partial charge < -0.3 is 8.83 Å². The summed E-state index contributed by atoms with van der Waals surface area (Å²) in [7, 11) is 0. The highest BCUT2D eigenvalue weighted by atomic mass is 32.1. The molecule has 32 heavy (non-hydrogen) atoms. The number of nitrogens with zero attached hydrogens (tertiary/aromatic N) is 5. The fourth-order valence-corrected chi connectivity index (χ4v) is 4.42. The fraction of sp³-hybridized carbons (Fsp3) is 0. The summed E-state index contributed by atoms with van der Waals surface area (Å²) < 4.78 is 11.4. The highest BCUT2D eigenvalue weighted by Crippen LogP contribution is 2.41. The van der Waals surface area contributed by atoms with Crippen LogP contribution >= 0.6 is 11.3 Å². The van der Waals surface area contributed by atoms with Crippen LogP contribution in [-0.4, -0.2) is 30.1 Å². The van der Waals surface area contributed by atoms with Crippen molar-refractivity contribution in [2.45, 2.75) is 0 Å². The van der Waals surface area contributed by atoms with Crippen molar-refractivity contribution < 1.29 is 8.83 Å². The van der Waals surface area contributed by atoms with Crippen molar-refractivity contribution in [3.8, 4) is 56.1 Å². The highest BCUT2D eigenvalue weighted by Gasteiger charge is 2.21. The summed E-state index contributed by atoms with van der Waals surface area (Å²) >= 11 is 1.59. The van der Waals surface area contributed by atoms with Crippen LogP contribution in [0.3, 0.4) is 0 Å². The van der Waals surface area contributed by atoms with Crippen molar-refractivity contribution in [2.75, 3.05) is 0 Å². The third kappa shape index (κ3) is 3.12. The largest absolute Gasteiger partial charge is 0.462 e. The maximum absolute atomic E-state index is 5.86. The first-order valence-electron chi connectivity index (χ1n) is 9.72. The van der Waals surface area contributed by atoms with E-state index in [9.17, 15) is 0 Å². The molecule has 0 aliphatic carbocycles. The number of furan rings is 1. The minimum Gasteiger partial charge on any atom is -0.462 e. The molecule has 0 bridgehead atoms. The molecule has 0 saturated heterocycles. The van der Waals surface area contributed by atoms with Gasteiger partial charge in [0.05, 0.1) is 34.8 Å². The number of pyridine rings is 1. The SMILES string of the molecule is c1ccc(-c2cn[nH]c2-c2nccc(-c3occc3-c3sccc3-c3ncco3)n2)nc1. The molecule has 0 unspecified atom stereocenters. The van der Waals surface area contributed by atoms with Gasteiger partial charge in [0.2, 0.25) is 5.89 Å². The van der Waals surface area contributed by atoms with Crippen LogP contribution < -0.4 is 0 Å². The summed E-state index contributed by atoms with van der Waals surface area (Å²) in [6.07, 6.45) is 10.0. The Balaban J connectivity index is 1.43. The summed E-state index contributed by atoms with van der Waals surface area (Å²) in [5.74, 6) is 1.71. The van der Waals surface area contributed by atoms with Gasteiger partial charge in [-0.05, 0) is 35.7 Å². The molecule has 154 valence electrons. The average molecular weight is 438 g/mol. The molecule has 1 N–H and O–H groups in total. The molecule has 6 rings (SSSR count). The lowest BCUT2D eigenvalue weighted by Gasteiger charge is -2.05. The van der Waals surface area contributed by atoms with Crippen LogP contribution in [0.1, 0.15) is 0 Å². The van der Waals surface area contributed by atoms with Gasteiger partial charge in [-0.2, -0.15) is 5.10 Å². The van der Waals surface area contributed by atoms with Gasteiger partial charge in [-0.3, -0.25) is 10.1 Å². The molecule has 0 saturated carbocycles. The molecule has 0 spiro atoms. The first-order chi connectivity index (χ1) is 15.9. The minimum atomic E-state index is 0.502. The van der Waals surface area contributed by atoms with Crippen molar-refractivity contribution in [3.05, 3.63) is 79.1 Å². The Labute approximate surface area is 185 Å². The van der Waals surface area contributed by atoms with Gasteiger partial charge in [0, 0.05) is 23.5 Å². The lowest BCUT2D eigenvalue weighted by atomic mass is 10.1. The summed E-state index contributed by atoms with van der Waals surface area (Å²) in [5, 5.41) is 9.18. The molecule has 8 nitrogen and oxygen atoms in total. The van der Waals surface area contributed by atoms with Crippen LogP contribution in [-0.2, 0) is 0 Å². The maximum Gasteiger partial charge on any atom is 0.227 e. The van der Waals surface area contributed by atoms with Crippen molar-refractivity contribution in [2.24, 2.45) is 0 Å². The monoisotopic (exact) mass is 438 g/mol. The lowest BCUT2D eigenvalue weighted by Crippen LogP contribution is -1.94. The van der Waals surface area contributed by atoms with Crippen LogP contribution in [0, 0.1) is 0 Å². The Hall–Kier alpha value is -4.37. The molecule has 6 aromatic rings. The molecule has 0 atom stereocenters. The average Bonchev–Trinajstić information content (AvgIpc) is 3.64. The molecular weight excluding hydrogens is 424 g/mol. The zero-order valence-electron chi connectivity index (χ0n) is 16.5.